The summed E-state index contributed by atoms with van der Waals surface area (Å²) in [5.41, 5.74) is -0.0547. The van der Waals surface area contributed by atoms with Crippen LogP contribution in [-0.2, 0) is 14.2 Å². The predicted molar refractivity (Wildman–Crippen MR) is 66.2 cm³/mol. The number of ether oxygens (including phenoxy) is 3. The number of hydrogen-bond donors (Lipinski definition) is 1. The van der Waals surface area contributed by atoms with Crippen LogP contribution in [0.25, 0.3) is 0 Å². The molecule has 0 radical (unpaired) electrons. The first-order valence-electron chi connectivity index (χ1n) is 7.24. The molecule has 4 heteroatoms. The smallest absolute Gasteiger partial charge is 0.157 e. The van der Waals surface area contributed by atoms with E-state index >= 15 is 0 Å². The second kappa shape index (κ2) is 5.08. The van der Waals surface area contributed by atoms with E-state index in [1.54, 1.807) is 0 Å². The molecule has 2 bridgehead atoms. The number of rotatable bonds is 4. The van der Waals surface area contributed by atoms with E-state index in [9.17, 15) is 5.11 Å². The normalized spacial score (nSPS) is 44.2. The van der Waals surface area contributed by atoms with Crippen LogP contribution < -0.4 is 0 Å². The first-order chi connectivity index (χ1) is 8.76. The summed E-state index contributed by atoms with van der Waals surface area (Å²) in [7, 11) is 0. The summed E-state index contributed by atoms with van der Waals surface area (Å²) in [4.78, 5) is 0. The minimum atomic E-state index is -0.233. The van der Waals surface area contributed by atoms with Gasteiger partial charge in [-0.25, -0.2) is 0 Å². The highest BCUT2D eigenvalue weighted by atomic mass is 16.7. The SMILES string of the molecule is OCC12CCC(COC3CCCCO3)(CC1)CO2. The van der Waals surface area contributed by atoms with E-state index < -0.39 is 0 Å². The van der Waals surface area contributed by atoms with Gasteiger partial charge in [0.05, 0.1) is 25.4 Å². The van der Waals surface area contributed by atoms with Gasteiger partial charge in [0.15, 0.2) is 6.29 Å². The molecule has 0 aromatic heterocycles. The fraction of sp³-hybridized carbons (Fsp3) is 1.00. The van der Waals surface area contributed by atoms with E-state index in [1.165, 1.54) is 6.42 Å². The molecule has 1 saturated carbocycles. The number of aliphatic hydroxyl groups excluding tert-OH is 1. The Morgan fingerprint density at radius 1 is 1.17 bits per heavy atom. The predicted octanol–water partition coefficient (Wildman–Crippen LogP) is 1.85. The van der Waals surface area contributed by atoms with Crippen LogP contribution in [0.5, 0.6) is 0 Å². The Morgan fingerprint density at radius 3 is 2.56 bits per heavy atom. The molecule has 0 spiro atoms. The maximum atomic E-state index is 9.41. The summed E-state index contributed by atoms with van der Waals surface area (Å²) in [6, 6.07) is 0. The molecule has 104 valence electrons. The number of aliphatic hydroxyl groups is 1. The van der Waals surface area contributed by atoms with E-state index in [2.05, 4.69) is 0 Å². The first kappa shape index (κ1) is 12.9. The van der Waals surface area contributed by atoms with Crippen LogP contribution in [-0.4, -0.2) is 43.4 Å². The van der Waals surface area contributed by atoms with Gasteiger partial charge in [-0.2, -0.15) is 0 Å². The van der Waals surface area contributed by atoms with Crippen LogP contribution in [0, 0.1) is 5.41 Å². The Morgan fingerprint density at radius 2 is 2.00 bits per heavy atom. The van der Waals surface area contributed by atoms with E-state index in [0.717, 1.165) is 58.3 Å². The first-order valence-corrected chi connectivity index (χ1v) is 7.24. The van der Waals surface area contributed by atoms with Gasteiger partial charge in [-0.05, 0) is 44.9 Å². The summed E-state index contributed by atoms with van der Waals surface area (Å²) in [6.45, 7) is 2.48. The van der Waals surface area contributed by atoms with Crippen molar-refractivity contribution in [1.82, 2.24) is 0 Å². The topological polar surface area (TPSA) is 47.9 Å². The Kier molecular flexibility index (Phi) is 3.63. The zero-order valence-corrected chi connectivity index (χ0v) is 11.0. The van der Waals surface area contributed by atoms with Crippen molar-refractivity contribution in [3.63, 3.8) is 0 Å². The number of hydrogen-bond acceptors (Lipinski definition) is 4. The average molecular weight is 256 g/mol. The van der Waals surface area contributed by atoms with Gasteiger partial charge in [0.2, 0.25) is 0 Å². The third kappa shape index (κ3) is 2.44. The highest BCUT2D eigenvalue weighted by Crippen LogP contribution is 2.48. The standard InChI is InChI=1S/C14H24O4/c15-9-14-6-4-13(5-7-14,11-18-14)10-17-12-3-1-2-8-16-12/h12,15H,1-11H2. The van der Waals surface area contributed by atoms with Crippen molar-refractivity contribution < 1.29 is 19.3 Å². The third-order valence-electron chi connectivity index (χ3n) is 4.91. The summed E-state index contributed by atoms with van der Waals surface area (Å²) in [6.07, 6.45) is 7.56. The van der Waals surface area contributed by atoms with Gasteiger partial charge in [-0.15, -0.1) is 0 Å². The van der Waals surface area contributed by atoms with Gasteiger partial charge in [0.25, 0.3) is 0 Å². The van der Waals surface area contributed by atoms with Crippen molar-refractivity contribution >= 4 is 0 Å². The van der Waals surface area contributed by atoms with Crippen molar-refractivity contribution in [2.24, 2.45) is 5.41 Å². The second-order valence-electron chi connectivity index (χ2n) is 6.24. The minimum absolute atomic E-state index is 0.000392. The molecule has 18 heavy (non-hydrogen) atoms. The molecule has 3 saturated heterocycles. The largest absolute Gasteiger partial charge is 0.393 e. The quantitative estimate of drug-likeness (QED) is 0.834. The van der Waals surface area contributed by atoms with Gasteiger partial charge >= 0.3 is 0 Å². The van der Waals surface area contributed by atoms with Crippen molar-refractivity contribution in [1.29, 1.82) is 0 Å². The molecule has 3 aliphatic heterocycles. The summed E-state index contributed by atoms with van der Waals surface area (Å²) < 4.78 is 17.4. The highest BCUT2D eigenvalue weighted by Gasteiger charge is 2.49. The lowest BCUT2D eigenvalue weighted by molar-refractivity contribution is -0.238. The van der Waals surface area contributed by atoms with Gasteiger partial charge in [0.1, 0.15) is 0 Å². The van der Waals surface area contributed by atoms with Crippen molar-refractivity contribution in [3.8, 4) is 0 Å². The molecule has 1 aliphatic carbocycles. The molecule has 1 N–H and O–H groups in total. The van der Waals surface area contributed by atoms with Crippen LogP contribution in [0.1, 0.15) is 44.9 Å². The lowest BCUT2D eigenvalue weighted by Crippen LogP contribution is -2.54. The van der Waals surface area contributed by atoms with Crippen LogP contribution in [0.15, 0.2) is 0 Å². The van der Waals surface area contributed by atoms with Gasteiger partial charge < -0.3 is 19.3 Å². The summed E-state index contributed by atoms with van der Waals surface area (Å²) in [5.74, 6) is 0. The van der Waals surface area contributed by atoms with Gasteiger partial charge in [-0.1, -0.05) is 0 Å². The molecule has 0 amide bonds. The highest BCUT2D eigenvalue weighted by molar-refractivity contribution is 4.99. The minimum Gasteiger partial charge on any atom is -0.393 e. The monoisotopic (exact) mass is 256 g/mol. The Labute approximate surface area is 109 Å². The molecule has 4 rings (SSSR count). The lowest BCUT2D eigenvalue weighted by Gasteiger charge is -2.52. The zero-order chi connectivity index (χ0) is 12.5. The van der Waals surface area contributed by atoms with Crippen molar-refractivity contribution in [2.45, 2.75) is 56.8 Å². The van der Waals surface area contributed by atoms with Gasteiger partial charge in [-0.3, -0.25) is 0 Å². The van der Waals surface area contributed by atoms with E-state index in [0.29, 0.717) is 0 Å². The van der Waals surface area contributed by atoms with E-state index in [1.807, 2.05) is 0 Å². The molecule has 4 aliphatic rings. The summed E-state index contributed by atoms with van der Waals surface area (Å²) in [5, 5.41) is 9.41. The maximum absolute atomic E-state index is 9.41. The lowest BCUT2D eigenvalue weighted by atomic mass is 9.66. The van der Waals surface area contributed by atoms with Gasteiger partial charge in [0, 0.05) is 12.0 Å². The van der Waals surface area contributed by atoms with Crippen molar-refractivity contribution in [2.75, 3.05) is 26.4 Å². The fourth-order valence-electron chi connectivity index (χ4n) is 3.33. The fourth-order valence-corrected chi connectivity index (χ4v) is 3.33. The Hall–Kier alpha value is -0.160. The second-order valence-corrected chi connectivity index (χ2v) is 6.24. The van der Waals surface area contributed by atoms with Crippen LogP contribution >= 0.6 is 0 Å². The molecule has 4 nitrogen and oxygen atoms in total. The Bertz CT molecular complexity index is 261. The van der Waals surface area contributed by atoms with Crippen LogP contribution in [0.2, 0.25) is 0 Å². The van der Waals surface area contributed by atoms with E-state index in [-0.39, 0.29) is 23.9 Å². The molecular formula is C14H24O4. The maximum Gasteiger partial charge on any atom is 0.157 e. The number of fused-ring (bicyclic) bond motifs is 3. The summed E-state index contributed by atoms with van der Waals surface area (Å²) >= 11 is 0. The molecule has 3 heterocycles. The molecule has 4 fully saturated rings. The molecular weight excluding hydrogens is 232 g/mol. The van der Waals surface area contributed by atoms with E-state index in [4.69, 9.17) is 14.2 Å². The molecule has 0 aromatic rings. The van der Waals surface area contributed by atoms with Crippen molar-refractivity contribution in [3.05, 3.63) is 0 Å². The zero-order valence-electron chi connectivity index (χ0n) is 11.0. The van der Waals surface area contributed by atoms with Crippen LogP contribution in [0.3, 0.4) is 0 Å². The molecule has 0 aromatic carbocycles. The molecule has 1 atom stereocenters. The van der Waals surface area contributed by atoms with Crippen LogP contribution in [0.4, 0.5) is 0 Å². The third-order valence-corrected chi connectivity index (χ3v) is 4.91. The Balaban J connectivity index is 1.51. The average Bonchev–Trinajstić information content (AvgIpc) is 2.48. The molecule has 1 unspecified atom stereocenters.